The Morgan fingerprint density at radius 3 is 1.11 bits per heavy atom. The van der Waals surface area contributed by atoms with Crippen molar-refractivity contribution in [2.45, 2.75) is 130 Å². The van der Waals surface area contributed by atoms with Gasteiger partial charge < -0.3 is 9.13 Å². The van der Waals surface area contributed by atoms with Crippen LogP contribution in [0.4, 0.5) is 0 Å². The summed E-state index contributed by atoms with van der Waals surface area (Å²) in [6.45, 7) is 6.74. The van der Waals surface area contributed by atoms with Gasteiger partial charge >= 0.3 is 0 Å². The lowest BCUT2D eigenvalue weighted by molar-refractivity contribution is -0.402. The molecule has 0 amide bonds. The van der Waals surface area contributed by atoms with Crippen molar-refractivity contribution >= 4 is 67.9 Å². The first kappa shape index (κ1) is 42.9. The second-order valence-electron chi connectivity index (χ2n) is 17.6. The van der Waals surface area contributed by atoms with Gasteiger partial charge in [-0.1, -0.05) is 164 Å². The summed E-state index contributed by atoms with van der Waals surface area (Å²) in [7, 11) is 0. The van der Waals surface area contributed by atoms with E-state index in [0.29, 0.717) is 0 Å². The zero-order valence-corrected chi connectivity index (χ0v) is 37.5. The number of aryl methyl sites for hydroxylation is 2. The van der Waals surface area contributed by atoms with Gasteiger partial charge in [-0.05, 0) is 84.7 Å². The van der Waals surface area contributed by atoms with Gasteiger partial charge in [0.15, 0.2) is 12.4 Å². The monoisotopic (exact) mass is 821 g/mol. The number of nitrogens with zero attached hydrogens (tertiary/aromatic N) is 2. The summed E-state index contributed by atoms with van der Waals surface area (Å²) in [6, 6.07) is 40.4. The molecule has 4 heteroatoms. The molecule has 8 aromatic rings. The molecule has 4 nitrogen and oxygen atoms in total. The molecule has 0 spiro atoms. The maximum atomic E-state index is 3.52. The van der Waals surface area contributed by atoms with Crippen LogP contribution in [0, 0.1) is 0 Å². The van der Waals surface area contributed by atoms with E-state index in [1.807, 2.05) is 0 Å². The smallest absolute Gasteiger partial charge is 0.275 e. The maximum Gasteiger partial charge on any atom is 0.275 e. The van der Waals surface area contributed by atoms with E-state index in [1.165, 1.54) is 157 Å². The van der Waals surface area contributed by atoms with E-state index in [9.17, 15) is 0 Å². The lowest BCUT2D eigenvalue weighted by Crippen LogP contribution is -2.14. The van der Waals surface area contributed by atoms with Gasteiger partial charge in [-0.3, -0.25) is 0 Å². The van der Waals surface area contributed by atoms with Crippen molar-refractivity contribution in [2.24, 2.45) is 0 Å². The van der Waals surface area contributed by atoms with Crippen LogP contribution in [-0.2, 0) is 13.1 Å². The zero-order chi connectivity index (χ0) is 42.4. The topological polar surface area (TPSA) is 38.1 Å². The Morgan fingerprint density at radius 1 is 0.355 bits per heavy atom. The number of benzene rings is 4. The standard InChI is InChI=1S/C58H66N4/c1-3-5-7-9-11-13-15-21-39-61-55-25-19-17-23-49(55)51-41-45(33-37-57(51)61)27-29-47-31-35-53(59-43-47)54-36-32-48(44-60-54)30-28-46-34-38-58-52(42-46)50-24-18-20-26-56(50)62(58)40-22-16-14-12-10-8-6-4-2/h17-20,23-38,41-44H,3-16,21-22,39-40H2,1-2H3/p+2/b29-27+,30-28+. The van der Waals surface area contributed by atoms with Gasteiger partial charge in [-0.15, -0.1) is 0 Å². The summed E-state index contributed by atoms with van der Waals surface area (Å²) >= 11 is 0. The molecule has 0 aliphatic heterocycles. The Balaban J connectivity index is 0.877. The molecule has 0 bridgehead atoms. The summed E-state index contributed by atoms with van der Waals surface area (Å²) in [5.74, 6) is 0. The highest BCUT2D eigenvalue weighted by Gasteiger charge is 2.14. The van der Waals surface area contributed by atoms with Gasteiger partial charge in [0.1, 0.15) is 0 Å². The van der Waals surface area contributed by atoms with Crippen LogP contribution in [0.15, 0.2) is 122 Å². The van der Waals surface area contributed by atoms with Gasteiger partial charge in [0.2, 0.25) is 0 Å². The number of hydrogen-bond donors (Lipinski definition) is 0. The number of pyridine rings is 2. The first-order valence-corrected chi connectivity index (χ1v) is 24.1. The summed E-state index contributed by atoms with van der Waals surface area (Å²) < 4.78 is 5.09. The molecule has 62 heavy (non-hydrogen) atoms. The highest BCUT2D eigenvalue weighted by Crippen LogP contribution is 2.32. The maximum absolute atomic E-state index is 3.52. The fourth-order valence-electron chi connectivity index (χ4n) is 9.44. The number of fused-ring (bicyclic) bond motifs is 6. The van der Waals surface area contributed by atoms with Crippen LogP contribution in [0.1, 0.15) is 139 Å². The average Bonchev–Trinajstić information content (AvgIpc) is 3.80. The number of aromatic amines is 2. The van der Waals surface area contributed by atoms with E-state index in [-0.39, 0.29) is 0 Å². The first-order valence-electron chi connectivity index (χ1n) is 24.1. The second kappa shape index (κ2) is 21.9. The number of unbranched alkanes of at least 4 members (excludes halogenated alkanes) is 14. The van der Waals surface area contributed by atoms with Crippen LogP contribution in [0.5, 0.6) is 0 Å². The molecule has 0 fully saturated rings. The first-order chi connectivity index (χ1) is 30.7. The second-order valence-corrected chi connectivity index (χ2v) is 17.6. The van der Waals surface area contributed by atoms with Crippen LogP contribution in [0.25, 0.3) is 79.3 Å². The largest absolute Gasteiger partial charge is 0.340 e. The Labute approximate surface area is 370 Å². The Morgan fingerprint density at radius 2 is 0.710 bits per heavy atom. The van der Waals surface area contributed by atoms with Crippen molar-refractivity contribution in [3.63, 3.8) is 0 Å². The predicted octanol–water partition coefficient (Wildman–Crippen LogP) is 15.8. The summed E-state index contributed by atoms with van der Waals surface area (Å²) in [4.78, 5) is 7.04. The molecule has 0 radical (unpaired) electrons. The Hall–Kier alpha value is -5.74. The molecule has 4 aromatic heterocycles. The van der Waals surface area contributed by atoms with E-state index in [0.717, 1.165) is 35.6 Å². The van der Waals surface area contributed by atoms with Crippen LogP contribution < -0.4 is 9.97 Å². The normalized spacial score (nSPS) is 12.1. The number of rotatable bonds is 23. The number of nitrogens with one attached hydrogen (secondary N) is 2. The van der Waals surface area contributed by atoms with Gasteiger partial charge in [-0.25, -0.2) is 9.97 Å². The fourth-order valence-corrected chi connectivity index (χ4v) is 9.44. The minimum absolute atomic E-state index is 1.05. The summed E-state index contributed by atoms with van der Waals surface area (Å²) in [6.07, 6.45) is 34.5. The minimum Gasteiger partial charge on any atom is -0.340 e. The molecule has 0 saturated heterocycles. The van der Waals surface area contributed by atoms with Gasteiger partial charge in [0.25, 0.3) is 11.4 Å². The highest BCUT2D eigenvalue weighted by molar-refractivity contribution is 6.09. The molecular weight excluding hydrogens is 753 g/mol. The summed E-state index contributed by atoms with van der Waals surface area (Å²) in [5.41, 5.74) is 12.2. The van der Waals surface area contributed by atoms with E-state index in [2.05, 4.69) is 179 Å². The predicted molar refractivity (Wildman–Crippen MR) is 267 cm³/mol. The summed E-state index contributed by atoms with van der Waals surface area (Å²) in [5, 5.41) is 5.37. The molecular formula is C58H68N4+2. The van der Waals surface area contributed by atoms with E-state index < -0.39 is 0 Å². The lowest BCUT2D eigenvalue weighted by atomic mass is 10.1. The quantitative estimate of drug-likeness (QED) is 0.0577. The Kier molecular flexibility index (Phi) is 15.1. The van der Waals surface area contributed by atoms with Gasteiger partial charge in [0.05, 0.1) is 0 Å². The third kappa shape index (κ3) is 10.6. The van der Waals surface area contributed by atoms with Crippen molar-refractivity contribution in [3.8, 4) is 11.4 Å². The Bertz CT molecular complexity index is 2520. The van der Waals surface area contributed by atoms with Crippen LogP contribution in [0.2, 0.25) is 0 Å². The van der Waals surface area contributed by atoms with E-state index in [1.54, 1.807) is 0 Å². The molecule has 0 aliphatic carbocycles. The van der Waals surface area contributed by atoms with Crippen molar-refractivity contribution in [1.82, 2.24) is 9.13 Å². The molecule has 0 atom stereocenters. The SMILES string of the molecule is CCCCCCCCCCn1c2ccccc2c2cc(/C=C/c3ccc(-c4ccc(/C=C/c5ccc6c(c5)c5ccccc5n6CCCCCCCCCC)c[nH+]4)[nH+]c3)ccc21. The molecule has 2 N–H and O–H groups in total. The molecule has 4 aromatic carbocycles. The fraction of sp³-hybridized carbons (Fsp3) is 0.345. The van der Waals surface area contributed by atoms with Gasteiger partial charge in [-0.2, -0.15) is 0 Å². The van der Waals surface area contributed by atoms with E-state index in [4.69, 9.17) is 0 Å². The van der Waals surface area contributed by atoms with Crippen molar-refractivity contribution in [3.05, 3.63) is 144 Å². The zero-order valence-electron chi connectivity index (χ0n) is 37.5. The van der Waals surface area contributed by atoms with Crippen molar-refractivity contribution in [1.29, 1.82) is 0 Å². The number of H-pyrrole nitrogens is 2. The van der Waals surface area contributed by atoms with Crippen LogP contribution >= 0.6 is 0 Å². The minimum atomic E-state index is 1.05. The van der Waals surface area contributed by atoms with Crippen LogP contribution in [0.3, 0.4) is 0 Å². The number of para-hydroxylation sites is 2. The third-order valence-electron chi connectivity index (χ3n) is 13.0. The molecule has 0 aliphatic rings. The van der Waals surface area contributed by atoms with Crippen LogP contribution in [-0.4, -0.2) is 9.13 Å². The molecule has 0 saturated carbocycles. The molecule has 4 heterocycles. The third-order valence-corrected chi connectivity index (χ3v) is 13.0. The number of hydrogen-bond acceptors (Lipinski definition) is 0. The molecule has 318 valence electrons. The van der Waals surface area contributed by atoms with Crippen molar-refractivity contribution in [2.75, 3.05) is 0 Å². The van der Waals surface area contributed by atoms with E-state index >= 15 is 0 Å². The lowest BCUT2D eigenvalue weighted by Gasteiger charge is -2.08. The molecule has 0 unspecified atom stereocenters. The average molecular weight is 821 g/mol. The molecule has 8 rings (SSSR count). The highest BCUT2D eigenvalue weighted by atomic mass is 15.0. The van der Waals surface area contributed by atoms with Gasteiger partial charge in [0, 0.05) is 80.0 Å². The van der Waals surface area contributed by atoms with Crippen molar-refractivity contribution < 1.29 is 9.97 Å². The number of aromatic nitrogens is 4.